The quantitative estimate of drug-likeness (QED) is 0.491. The molecule has 0 aliphatic carbocycles. The molecule has 1 aromatic heterocycles. The van der Waals surface area contributed by atoms with Crippen LogP contribution in [0.3, 0.4) is 0 Å². The molecule has 30 heavy (non-hydrogen) atoms. The van der Waals surface area contributed by atoms with Crippen LogP contribution in [0.5, 0.6) is 5.75 Å². The zero-order valence-electron chi connectivity index (χ0n) is 15.9. The van der Waals surface area contributed by atoms with Crippen LogP contribution in [0.4, 0.5) is 15.8 Å². The number of ether oxygens (including phenoxy) is 1. The summed E-state index contributed by atoms with van der Waals surface area (Å²) in [6.45, 7) is 0.178. The molecule has 0 saturated heterocycles. The lowest BCUT2D eigenvalue weighted by atomic mass is 10.2. The molecular formula is C21H17FN4O4. The SMILES string of the molecule is COc1ccc(NC2c3ncccc3C(=O)N2Cc2ccc(F)cc2)c([N+](=O)[O-])c1. The van der Waals surface area contributed by atoms with Crippen LogP contribution in [0.15, 0.2) is 60.8 Å². The number of anilines is 1. The van der Waals surface area contributed by atoms with Crippen LogP contribution in [-0.4, -0.2) is 27.8 Å². The van der Waals surface area contributed by atoms with E-state index in [2.05, 4.69) is 10.3 Å². The second-order valence-electron chi connectivity index (χ2n) is 6.68. The molecule has 0 radical (unpaired) electrons. The molecule has 2 heterocycles. The van der Waals surface area contributed by atoms with Crippen molar-refractivity contribution < 1.29 is 18.8 Å². The number of nitro benzene ring substituents is 1. The summed E-state index contributed by atoms with van der Waals surface area (Å²) in [6, 6.07) is 13.6. The summed E-state index contributed by atoms with van der Waals surface area (Å²) < 4.78 is 18.3. The Hall–Kier alpha value is -4.01. The Morgan fingerprint density at radius 2 is 2.00 bits per heavy atom. The number of methoxy groups -OCH3 is 1. The predicted octanol–water partition coefficient (Wildman–Crippen LogP) is 3.90. The van der Waals surface area contributed by atoms with Gasteiger partial charge in [-0.05, 0) is 42.0 Å². The summed E-state index contributed by atoms with van der Waals surface area (Å²) in [5.74, 6) is -0.299. The third kappa shape index (κ3) is 3.52. The number of nitrogens with zero attached hydrogens (tertiary/aromatic N) is 3. The average molecular weight is 408 g/mol. The van der Waals surface area contributed by atoms with Crippen LogP contribution in [0.25, 0.3) is 0 Å². The highest BCUT2D eigenvalue weighted by Crippen LogP contribution is 2.37. The largest absolute Gasteiger partial charge is 0.496 e. The second kappa shape index (κ2) is 7.78. The number of hydrogen-bond acceptors (Lipinski definition) is 6. The Morgan fingerprint density at radius 3 is 2.70 bits per heavy atom. The van der Waals surface area contributed by atoms with Crippen molar-refractivity contribution in [2.75, 3.05) is 12.4 Å². The number of aromatic nitrogens is 1. The molecular weight excluding hydrogens is 391 g/mol. The number of pyridine rings is 1. The van der Waals surface area contributed by atoms with Gasteiger partial charge in [0.25, 0.3) is 11.6 Å². The van der Waals surface area contributed by atoms with Crippen molar-refractivity contribution in [3.05, 3.63) is 93.5 Å². The van der Waals surface area contributed by atoms with Gasteiger partial charge in [-0.15, -0.1) is 0 Å². The minimum Gasteiger partial charge on any atom is -0.496 e. The van der Waals surface area contributed by atoms with E-state index in [0.29, 0.717) is 22.6 Å². The highest BCUT2D eigenvalue weighted by Gasteiger charge is 2.38. The molecule has 1 unspecified atom stereocenters. The molecule has 1 N–H and O–H groups in total. The first-order valence-electron chi connectivity index (χ1n) is 9.07. The lowest BCUT2D eigenvalue weighted by Gasteiger charge is -2.26. The van der Waals surface area contributed by atoms with Crippen LogP contribution in [0.1, 0.15) is 27.8 Å². The van der Waals surface area contributed by atoms with Gasteiger partial charge in [-0.3, -0.25) is 19.9 Å². The van der Waals surface area contributed by atoms with Gasteiger partial charge < -0.3 is 15.0 Å². The fraction of sp³-hybridized carbons (Fsp3) is 0.143. The summed E-state index contributed by atoms with van der Waals surface area (Å²) in [7, 11) is 1.42. The van der Waals surface area contributed by atoms with E-state index in [1.807, 2.05) is 0 Å². The topological polar surface area (TPSA) is 97.6 Å². The van der Waals surface area contributed by atoms with E-state index < -0.39 is 11.1 Å². The van der Waals surface area contributed by atoms with Crippen LogP contribution in [-0.2, 0) is 6.54 Å². The molecule has 2 aromatic carbocycles. The van der Waals surface area contributed by atoms with E-state index in [4.69, 9.17) is 4.74 Å². The zero-order chi connectivity index (χ0) is 21.3. The van der Waals surface area contributed by atoms with Crippen molar-refractivity contribution in [1.82, 2.24) is 9.88 Å². The minimum atomic E-state index is -0.731. The molecule has 0 bridgehead atoms. The van der Waals surface area contributed by atoms with Gasteiger partial charge in [0, 0.05) is 12.7 Å². The van der Waals surface area contributed by atoms with Gasteiger partial charge in [0.15, 0.2) is 0 Å². The first-order valence-corrected chi connectivity index (χ1v) is 9.07. The average Bonchev–Trinajstić information content (AvgIpc) is 3.01. The van der Waals surface area contributed by atoms with Crippen LogP contribution < -0.4 is 10.1 Å². The fourth-order valence-corrected chi connectivity index (χ4v) is 3.39. The Labute approximate surface area is 171 Å². The summed E-state index contributed by atoms with van der Waals surface area (Å²) in [5, 5.41) is 14.6. The summed E-state index contributed by atoms with van der Waals surface area (Å²) >= 11 is 0. The van der Waals surface area contributed by atoms with E-state index in [-0.39, 0.29) is 29.6 Å². The van der Waals surface area contributed by atoms with Crippen LogP contribution >= 0.6 is 0 Å². The van der Waals surface area contributed by atoms with Gasteiger partial charge in [0.05, 0.1) is 29.4 Å². The van der Waals surface area contributed by atoms with Crippen molar-refractivity contribution in [3.8, 4) is 5.75 Å². The van der Waals surface area contributed by atoms with Crippen molar-refractivity contribution >= 4 is 17.3 Å². The smallest absolute Gasteiger partial charge is 0.296 e. The molecule has 8 nitrogen and oxygen atoms in total. The number of hydrogen-bond donors (Lipinski definition) is 1. The lowest BCUT2D eigenvalue weighted by Crippen LogP contribution is -2.32. The van der Waals surface area contributed by atoms with E-state index in [9.17, 15) is 19.3 Å². The first-order chi connectivity index (χ1) is 14.5. The summed E-state index contributed by atoms with van der Waals surface area (Å²) in [4.78, 5) is 29.9. The van der Waals surface area contributed by atoms with Crippen molar-refractivity contribution in [2.45, 2.75) is 12.7 Å². The highest BCUT2D eigenvalue weighted by molar-refractivity contribution is 5.99. The highest BCUT2D eigenvalue weighted by atomic mass is 19.1. The van der Waals surface area contributed by atoms with Crippen molar-refractivity contribution in [2.24, 2.45) is 0 Å². The molecule has 1 amide bonds. The van der Waals surface area contributed by atoms with Crippen molar-refractivity contribution in [3.63, 3.8) is 0 Å². The number of fused-ring (bicyclic) bond motifs is 1. The number of rotatable bonds is 6. The number of benzene rings is 2. The molecule has 0 fully saturated rings. The van der Waals surface area contributed by atoms with Crippen molar-refractivity contribution in [1.29, 1.82) is 0 Å². The fourth-order valence-electron chi connectivity index (χ4n) is 3.39. The van der Waals surface area contributed by atoms with Gasteiger partial charge >= 0.3 is 0 Å². The zero-order valence-corrected chi connectivity index (χ0v) is 15.9. The van der Waals surface area contributed by atoms with E-state index in [1.54, 1.807) is 36.5 Å². The maximum Gasteiger partial charge on any atom is 0.296 e. The molecule has 1 aliphatic heterocycles. The first kappa shape index (κ1) is 19.3. The summed E-state index contributed by atoms with van der Waals surface area (Å²) in [5.41, 5.74) is 1.63. The second-order valence-corrected chi connectivity index (χ2v) is 6.68. The lowest BCUT2D eigenvalue weighted by molar-refractivity contribution is -0.384. The van der Waals surface area contributed by atoms with Gasteiger partial charge in [-0.1, -0.05) is 12.1 Å². The molecule has 0 spiro atoms. The molecule has 152 valence electrons. The number of amides is 1. The molecule has 1 atom stereocenters. The monoisotopic (exact) mass is 408 g/mol. The standard InChI is InChI=1S/C21H17FN4O4/c1-30-15-8-9-17(18(11-15)26(28)29)24-20-19-16(3-2-10-23-19)21(27)25(20)12-13-4-6-14(22)7-5-13/h2-11,20,24H,12H2,1H3. The van der Waals surface area contributed by atoms with Crippen LogP contribution in [0, 0.1) is 15.9 Å². The Morgan fingerprint density at radius 1 is 1.23 bits per heavy atom. The maximum atomic E-state index is 13.3. The third-order valence-corrected chi connectivity index (χ3v) is 4.86. The predicted molar refractivity (Wildman–Crippen MR) is 107 cm³/mol. The Bertz CT molecular complexity index is 1120. The third-order valence-electron chi connectivity index (χ3n) is 4.86. The Kier molecular flexibility index (Phi) is 5.01. The van der Waals surface area contributed by atoms with Gasteiger partial charge in [-0.25, -0.2) is 4.39 Å². The molecule has 1 aliphatic rings. The van der Waals surface area contributed by atoms with E-state index in [1.165, 1.54) is 36.3 Å². The van der Waals surface area contributed by atoms with E-state index in [0.717, 1.165) is 0 Å². The van der Waals surface area contributed by atoms with Gasteiger partial charge in [0.1, 0.15) is 23.4 Å². The van der Waals surface area contributed by atoms with Gasteiger partial charge in [-0.2, -0.15) is 0 Å². The van der Waals surface area contributed by atoms with Crippen LogP contribution in [0.2, 0.25) is 0 Å². The molecule has 3 aromatic rings. The minimum absolute atomic E-state index is 0.178. The maximum absolute atomic E-state index is 13.3. The molecule has 0 saturated carbocycles. The number of nitrogens with one attached hydrogen (secondary N) is 1. The Balaban J connectivity index is 1.72. The molecule has 4 rings (SSSR count). The number of halogens is 1. The molecule has 9 heteroatoms. The normalized spacial score (nSPS) is 15.1. The van der Waals surface area contributed by atoms with E-state index >= 15 is 0 Å². The van der Waals surface area contributed by atoms with Gasteiger partial charge in [0.2, 0.25) is 0 Å². The number of carbonyl (C=O) groups is 1. The number of nitro groups is 1. The number of carbonyl (C=O) groups excluding carboxylic acids is 1. The summed E-state index contributed by atoms with van der Waals surface area (Å²) in [6.07, 6.45) is 0.829.